The Morgan fingerprint density at radius 2 is 1.85 bits per heavy atom. The van der Waals surface area contributed by atoms with E-state index in [1.807, 2.05) is 0 Å². The highest BCUT2D eigenvalue weighted by Crippen LogP contribution is 2.32. The molecular formula is C13H9Br2NO3S. The molecule has 1 amide bonds. The van der Waals surface area contributed by atoms with Gasteiger partial charge < -0.3 is 10.4 Å². The van der Waals surface area contributed by atoms with Crippen molar-refractivity contribution in [2.75, 3.05) is 0 Å². The molecule has 4 nitrogen and oxygen atoms in total. The van der Waals surface area contributed by atoms with Gasteiger partial charge in [0.2, 0.25) is 0 Å². The molecule has 1 aromatic heterocycles. The maximum Gasteiger partial charge on any atom is 0.330 e. The van der Waals surface area contributed by atoms with Gasteiger partial charge in [0.25, 0.3) is 5.91 Å². The summed E-state index contributed by atoms with van der Waals surface area (Å²) in [5.41, 5.74) is 0.531. The first-order valence-corrected chi connectivity index (χ1v) is 7.92. The standard InChI is InChI=1S/C13H9Br2NO3S/c14-8-6-9(20-11(8)15)12(17)16-10(13(18)19)7-4-2-1-3-5-7/h1-6,10H,(H,16,17)(H,18,19). The highest BCUT2D eigenvalue weighted by atomic mass is 79.9. The van der Waals surface area contributed by atoms with E-state index in [1.54, 1.807) is 36.4 Å². The molecule has 0 spiro atoms. The van der Waals surface area contributed by atoms with Crippen LogP contribution in [0.15, 0.2) is 44.7 Å². The number of carbonyl (C=O) groups excluding carboxylic acids is 1. The summed E-state index contributed by atoms with van der Waals surface area (Å²) in [4.78, 5) is 23.8. The normalized spacial score (nSPS) is 11.9. The Morgan fingerprint density at radius 3 is 2.35 bits per heavy atom. The molecular weight excluding hydrogens is 410 g/mol. The molecule has 0 fully saturated rings. The number of amides is 1. The van der Waals surface area contributed by atoms with Crippen molar-refractivity contribution in [3.05, 3.63) is 55.1 Å². The third kappa shape index (κ3) is 3.47. The van der Waals surface area contributed by atoms with Crippen LogP contribution >= 0.6 is 43.2 Å². The fourth-order valence-electron chi connectivity index (χ4n) is 1.59. The Labute approximate surface area is 136 Å². The number of rotatable bonds is 4. The van der Waals surface area contributed by atoms with Crippen molar-refractivity contribution in [2.24, 2.45) is 0 Å². The van der Waals surface area contributed by atoms with Crippen LogP contribution in [0.4, 0.5) is 0 Å². The third-order valence-corrected chi connectivity index (χ3v) is 5.78. The van der Waals surface area contributed by atoms with Crippen molar-refractivity contribution in [3.8, 4) is 0 Å². The van der Waals surface area contributed by atoms with E-state index in [-0.39, 0.29) is 0 Å². The minimum Gasteiger partial charge on any atom is -0.479 e. The third-order valence-electron chi connectivity index (χ3n) is 2.52. The Morgan fingerprint density at radius 1 is 1.20 bits per heavy atom. The molecule has 0 aliphatic rings. The van der Waals surface area contributed by atoms with Gasteiger partial charge in [0.1, 0.15) is 0 Å². The van der Waals surface area contributed by atoms with Crippen LogP contribution in [0.1, 0.15) is 21.3 Å². The van der Waals surface area contributed by atoms with Crippen LogP contribution in [-0.2, 0) is 4.79 Å². The summed E-state index contributed by atoms with van der Waals surface area (Å²) in [5.74, 6) is -1.52. The molecule has 2 aromatic rings. The molecule has 0 aliphatic heterocycles. The summed E-state index contributed by atoms with van der Waals surface area (Å²) < 4.78 is 1.55. The monoisotopic (exact) mass is 417 g/mol. The van der Waals surface area contributed by atoms with Crippen LogP contribution in [0, 0.1) is 0 Å². The lowest BCUT2D eigenvalue weighted by atomic mass is 10.1. The first-order chi connectivity index (χ1) is 9.49. The molecule has 1 unspecified atom stereocenters. The zero-order valence-electron chi connectivity index (χ0n) is 9.97. The fourth-order valence-corrected chi connectivity index (χ4v) is 3.53. The van der Waals surface area contributed by atoms with E-state index in [2.05, 4.69) is 37.2 Å². The molecule has 0 aliphatic carbocycles. The second-order valence-corrected chi connectivity index (χ2v) is 7.11. The largest absolute Gasteiger partial charge is 0.479 e. The Balaban J connectivity index is 2.21. The van der Waals surface area contributed by atoms with E-state index >= 15 is 0 Å². The van der Waals surface area contributed by atoms with E-state index in [9.17, 15) is 14.7 Å². The molecule has 1 atom stereocenters. The molecule has 0 saturated heterocycles. The van der Waals surface area contributed by atoms with Gasteiger partial charge in [-0.3, -0.25) is 4.79 Å². The zero-order valence-corrected chi connectivity index (χ0v) is 14.0. The number of carboxylic acids is 1. The van der Waals surface area contributed by atoms with E-state index in [1.165, 1.54) is 11.3 Å². The summed E-state index contributed by atoms with van der Waals surface area (Å²) in [6.45, 7) is 0. The van der Waals surface area contributed by atoms with Gasteiger partial charge in [-0.15, -0.1) is 11.3 Å². The van der Waals surface area contributed by atoms with Gasteiger partial charge in [0.05, 0.1) is 8.66 Å². The molecule has 0 bridgehead atoms. The maximum atomic E-state index is 12.1. The Bertz CT molecular complexity index is 623. The molecule has 7 heteroatoms. The lowest BCUT2D eigenvalue weighted by Gasteiger charge is -2.14. The summed E-state index contributed by atoms with van der Waals surface area (Å²) in [6.07, 6.45) is 0. The summed E-state index contributed by atoms with van der Waals surface area (Å²) in [7, 11) is 0. The van der Waals surface area contributed by atoms with Gasteiger partial charge in [0, 0.05) is 4.47 Å². The molecule has 20 heavy (non-hydrogen) atoms. The minimum atomic E-state index is -1.10. The van der Waals surface area contributed by atoms with Gasteiger partial charge >= 0.3 is 5.97 Å². The lowest BCUT2D eigenvalue weighted by Crippen LogP contribution is -2.33. The van der Waals surface area contributed by atoms with Crippen LogP contribution in [-0.4, -0.2) is 17.0 Å². The molecule has 0 saturated carbocycles. The van der Waals surface area contributed by atoms with Crippen molar-refractivity contribution in [3.63, 3.8) is 0 Å². The molecule has 0 radical (unpaired) electrons. The van der Waals surface area contributed by atoms with Crippen molar-refractivity contribution in [2.45, 2.75) is 6.04 Å². The predicted molar refractivity (Wildman–Crippen MR) is 84.0 cm³/mol. The van der Waals surface area contributed by atoms with Crippen molar-refractivity contribution in [1.29, 1.82) is 0 Å². The SMILES string of the molecule is O=C(NC(C(=O)O)c1ccccc1)c1cc(Br)c(Br)s1. The van der Waals surface area contributed by atoms with Gasteiger partial charge in [0.15, 0.2) is 6.04 Å². The molecule has 104 valence electrons. The number of aliphatic carboxylic acids is 1. The van der Waals surface area contributed by atoms with Crippen molar-refractivity contribution < 1.29 is 14.7 Å². The summed E-state index contributed by atoms with van der Waals surface area (Å²) >= 11 is 7.83. The summed E-state index contributed by atoms with van der Waals surface area (Å²) in [6, 6.07) is 9.17. The Hall–Kier alpha value is -1.18. The average molecular weight is 419 g/mol. The first-order valence-electron chi connectivity index (χ1n) is 5.52. The van der Waals surface area contributed by atoms with Gasteiger partial charge in [-0.1, -0.05) is 30.3 Å². The molecule has 2 N–H and O–H groups in total. The lowest BCUT2D eigenvalue weighted by molar-refractivity contribution is -0.139. The molecule has 1 aromatic carbocycles. The number of carboxylic acid groups (broad SMARTS) is 1. The number of nitrogens with one attached hydrogen (secondary N) is 1. The van der Waals surface area contributed by atoms with Gasteiger partial charge in [-0.2, -0.15) is 0 Å². The zero-order chi connectivity index (χ0) is 14.7. The average Bonchev–Trinajstić information content (AvgIpc) is 2.76. The van der Waals surface area contributed by atoms with Crippen LogP contribution in [0.3, 0.4) is 0 Å². The van der Waals surface area contributed by atoms with E-state index < -0.39 is 17.9 Å². The second-order valence-electron chi connectivity index (χ2n) is 3.89. The topological polar surface area (TPSA) is 66.4 Å². The summed E-state index contributed by atoms with van der Waals surface area (Å²) in [5, 5.41) is 11.8. The smallest absolute Gasteiger partial charge is 0.330 e. The van der Waals surface area contributed by atoms with Crippen LogP contribution in [0.25, 0.3) is 0 Å². The van der Waals surface area contributed by atoms with Gasteiger partial charge in [-0.25, -0.2) is 4.79 Å². The van der Waals surface area contributed by atoms with Crippen LogP contribution < -0.4 is 5.32 Å². The minimum absolute atomic E-state index is 0.419. The van der Waals surface area contributed by atoms with Crippen molar-refractivity contribution in [1.82, 2.24) is 5.32 Å². The first kappa shape index (κ1) is 15.2. The number of hydrogen-bond acceptors (Lipinski definition) is 3. The number of benzene rings is 1. The molecule has 2 rings (SSSR count). The number of halogens is 2. The highest BCUT2D eigenvalue weighted by Gasteiger charge is 2.23. The highest BCUT2D eigenvalue weighted by molar-refractivity contribution is 9.13. The molecule has 1 heterocycles. The number of thiophene rings is 1. The van der Waals surface area contributed by atoms with E-state index in [0.29, 0.717) is 10.4 Å². The maximum absolute atomic E-state index is 12.1. The number of carbonyl (C=O) groups is 2. The fraction of sp³-hybridized carbons (Fsp3) is 0.0769. The number of hydrogen-bond donors (Lipinski definition) is 2. The second kappa shape index (κ2) is 6.51. The van der Waals surface area contributed by atoms with E-state index in [4.69, 9.17) is 0 Å². The predicted octanol–water partition coefficient (Wildman–Crippen LogP) is 3.83. The van der Waals surface area contributed by atoms with E-state index in [0.717, 1.165) is 8.26 Å². The van der Waals surface area contributed by atoms with Crippen LogP contribution in [0.2, 0.25) is 0 Å². The van der Waals surface area contributed by atoms with Crippen molar-refractivity contribution >= 4 is 55.1 Å². The quantitative estimate of drug-likeness (QED) is 0.792. The van der Waals surface area contributed by atoms with Crippen LogP contribution in [0.5, 0.6) is 0 Å². The Kier molecular flexibility index (Phi) is 4.95. The van der Waals surface area contributed by atoms with Gasteiger partial charge in [-0.05, 0) is 43.5 Å².